The van der Waals surface area contributed by atoms with Crippen LogP contribution >= 0.6 is 11.6 Å². The van der Waals surface area contributed by atoms with Crippen LogP contribution in [0.1, 0.15) is 77.6 Å². The lowest BCUT2D eigenvalue weighted by Gasteiger charge is -2.35. The minimum atomic E-state index is 0.159. The van der Waals surface area contributed by atoms with Crippen molar-refractivity contribution in [1.82, 2.24) is 4.90 Å². The molecule has 1 rings (SSSR count). The zero-order valence-corrected chi connectivity index (χ0v) is 13.4. The fourth-order valence-corrected chi connectivity index (χ4v) is 3.37. The summed E-state index contributed by atoms with van der Waals surface area (Å²) in [7, 11) is 1.94. The summed E-state index contributed by atoms with van der Waals surface area (Å²) in [6.45, 7) is 2.23. The number of nitrogens with zero attached hydrogens (tertiary/aromatic N) is 1. The van der Waals surface area contributed by atoms with Crippen LogP contribution in [-0.4, -0.2) is 29.3 Å². The highest BCUT2D eigenvalue weighted by atomic mass is 35.5. The first-order chi connectivity index (χ1) is 9.16. The Morgan fingerprint density at radius 2 is 1.74 bits per heavy atom. The van der Waals surface area contributed by atoms with E-state index in [1.54, 1.807) is 0 Å². The van der Waals surface area contributed by atoms with E-state index in [1.165, 1.54) is 44.9 Å². The van der Waals surface area contributed by atoms with Gasteiger partial charge in [-0.2, -0.15) is 0 Å². The zero-order chi connectivity index (χ0) is 14.1. The van der Waals surface area contributed by atoms with Gasteiger partial charge in [-0.1, -0.05) is 51.9 Å². The standard InChI is InChI=1S/C16H30ClNO/c1-3-4-5-6-7-8-13-16(19)18(2)15-12-10-9-11-14(15)17/h14-15H,3-13H2,1-2H3. The molecule has 1 aliphatic carbocycles. The molecule has 3 heteroatoms. The van der Waals surface area contributed by atoms with Gasteiger partial charge in [0.1, 0.15) is 0 Å². The maximum atomic E-state index is 12.1. The highest BCUT2D eigenvalue weighted by molar-refractivity contribution is 6.21. The molecule has 0 saturated heterocycles. The van der Waals surface area contributed by atoms with E-state index in [0.717, 1.165) is 19.3 Å². The third-order valence-corrected chi connectivity index (χ3v) is 4.79. The normalized spacial score (nSPS) is 23.3. The molecule has 1 amide bonds. The summed E-state index contributed by atoms with van der Waals surface area (Å²) < 4.78 is 0. The fourth-order valence-electron chi connectivity index (χ4n) is 2.92. The van der Waals surface area contributed by atoms with E-state index in [0.29, 0.717) is 6.42 Å². The van der Waals surface area contributed by atoms with Gasteiger partial charge in [-0.25, -0.2) is 0 Å². The molecule has 2 unspecified atom stereocenters. The third kappa shape index (κ3) is 6.16. The average molecular weight is 288 g/mol. The van der Waals surface area contributed by atoms with E-state index in [9.17, 15) is 4.79 Å². The number of carbonyl (C=O) groups is 1. The molecule has 0 radical (unpaired) electrons. The van der Waals surface area contributed by atoms with Gasteiger partial charge in [0.15, 0.2) is 0 Å². The van der Waals surface area contributed by atoms with Crippen LogP contribution in [0.5, 0.6) is 0 Å². The first-order valence-corrected chi connectivity index (χ1v) is 8.50. The molecule has 19 heavy (non-hydrogen) atoms. The highest BCUT2D eigenvalue weighted by Gasteiger charge is 2.28. The molecule has 0 aliphatic heterocycles. The number of rotatable bonds is 8. The molecule has 0 aromatic carbocycles. The lowest BCUT2D eigenvalue weighted by molar-refractivity contribution is -0.132. The lowest BCUT2D eigenvalue weighted by Crippen LogP contribution is -2.44. The summed E-state index contributed by atoms with van der Waals surface area (Å²) in [4.78, 5) is 14.1. The van der Waals surface area contributed by atoms with Crippen LogP contribution in [0.15, 0.2) is 0 Å². The monoisotopic (exact) mass is 287 g/mol. The molecule has 112 valence electrons. The number of alkyl halides is 1. The van der Waals surface area contributed by atoms with Crippen LogP contribution in [-0.2, 0) is 4.79 Å². The van der Waals surface area contributed by atoms with Crippen molar-refractivity contribution >= 4 is 17.5 Å². The van der Waals surface area contributed by atoms with Crippen LogP contribution in [0, 0.1) is 0 Å². The number of halogens is 1. The van der Waals surface area contributed by atoms with E-state index in [2.05, 4.69) is 6.92 Å². The van der Waals surface area contributed by atoms with Crippen LogP contribution in [0.25, 0.3) is 0 Å². The van der Waals surface area contributed by atoms with Gasteiger partial charge in [0.05, 0.1) is 5.38 Å². The van der Waals surface area contributed by atoms with Crippen molar-refractivity contribution in [3.63, 3.8) is 0 Å². The lowest BCUT2D eigenvalue weighted by atomic mass is 9.93. The number of unbranched alkanes of at least 4 members (excludes halogenated alkanes) is 5. The Balaban J connectivity index is 2.17. The minimum Gasteiger partial charge on any atom is -0.341 e. The molecule has 0 heterocycles. The molecular weight excluding hydrogens is 258 g/mol. The van der Waals surface area contributed by atoms with Gasteiger partial charge >= 0.3 is 0 Å². The predicted molar refractivity (Wildman–Crippen MR) is 82.7 cm³/mol. The van der Waals surface area contributed by atoms with Crippen molar-refractivity contribution in [2.45, 2.75) is 89.0 Å². The molecule has 2 atom stereocenters. The van der Waals surface area contributed by atoms with Gasteiger partial charge in [-0.15, -0.1) is 11.6 Å². The van der Waals surface area contributed by atoms with Crippen molar-refractivity contribution in [2.24, 2.45) is 0 Å². The van der Waals surface area contributed by atoms with Gasteiger partial charge in [0.2, 0.25) is 5.91 Å². The van der Waals surface area contributed by atoms with Crippen molar-refractivity contribution in [1.29, 1.82) is 0 Å². The number of hydrogen-bond acceptors (Lipinski definition) is 1. The summed E-state index contributed by atoms with van der Waals surface area (Å²) in [5.41, 5.74) is 0. The Morgan fingerprint density at radius 3 is 2.42 bits per heavy atom. The molecule has 2 nitrogen and oxygen atoms in total. The third-order valence-electron chi connectivity index (χ3n) is 4.28. The number of hydrogen-bond donors (Lipinski definition) is 0. The predicted octanol–water partition coefficient (Wildman–Crippen LogP) is 4.75. The van der Waals surface area contributed by atoms with E-state index in [-0.39, 0.29) is 17.3 Å². The van der Waals surface area contributed by atoms with Crippen molar-refractivity contribution in [3.8, 4) is 0 Å². The summed E-state index contributed by atoms with van der Waals surface area (Å²) in [5, 5.41) is 0.159. The van der Waals surface area contributed by atoms with Crippen molar-refractivity contribution in [3.05, 3.63) is 0 Å². The van der Waals surface area contributed by atoms with E-state index in [4.69, 9.17) is 11.6 Å². The minimum absolute atomic E-state index is 0.159. The van der Waals surface area contributed by atoms with Gasteiger partial charge in [-0.3, -0.25) is 4.79 Å². The van der Waals surface area contributed by atoms with Gasteiger partial charge in [-0.05, 0) is 19.3 Å². The quantitative estimate of drug-likeness (QED) is 0.466. The Bertz CT molecular complexity index is 257. The second-order valence-electron chi connectivity index (χ2n) is 5.89. The Hall–Kier alpha value is -0.240. The molecule has 0 bridgehead atoms. The number of amides is 1. The highest BCUT2D eigenvalue weighted by Crippen LogP contribution is 2.27. The summed E-state index contributed by atoms with van der Waals surface area (Å²) in [6.07, 6.45) is 12.7. The second kappa shape index (κ2) is 9.63. The zero-order valence-electron chi connectivity index (χ0n) is 12.7. The van der Waals surface area contributed by atoms with Crippen molar-refractivity contribution < 1.29 is 4.79 Å². The van der Waals surface area contributed by atoms with E-state index < -0.39 is 0 Å². The van der Waals surface area contributed by atoms with Crippen LogP contribution < -0.4 is 0 Å². The summed E-state index contributed by atoms with van der Waals surface area (Å²) in [5.74, 6) is 0.285. The fraction of sp³-hybridized carbons (Fsp3) is 0.938. The topological polar surface area (TPSA) is 20.3 Å². The van der Waals surface area contributed by atoms with E-state index in [1.807, 2.05) is 11.9 Å². The summed E-state index contributed by atoms with van der Waals surface area (Å²) >= 11 is 6.35. The molecule has 0 spiro atoms. The first-order valence-electron chi connectivity index (χ1n) is 8.06. The average Bonchev–Trinajstić information content (AvgIpc) is 2.42. The van der Waals surface area contributed by atoms with Crippen LogP contribution in [0.2, 0.25) is 0 Å². The maximum Gasteiger partial charge on any atom is 0.222 e. The van der Waals surface area contributed by atoms with Gasteiger partial charge in [0.25, 0.3) is 0 Å². The molecule has 0 N–H and O–H groups in total. The molecule has 1 fully saturated rings. The molecule has 1 aliphatic rings. The largest absolute Gasteiger partial charge is 0.341 e. The Labute approximate surface area is 123 Å². The van der Waals surface area contributed by atoms with Gasteiger partial charge in [0, 0.05) is 19.5 Å². The molecule has 0 aromatic rings. The van der Waals surface area contributed by atoms with Gasteiger partial charge < -0.3 is 4.90 Å². The van der Waals surface area contributed by atoms with Crippen LogP contribution in [0.4, 0.5) is 0 Å². The first kappa shape index (κ1) is 16.8. The maximum absolute atomic E-state index is 12.1. The summed E-state index contributed by atoms with van der Waals surface area (Å²) in [6, 6.07) is 0.267. The SMILES string of the molecule is CCCCCCCCC(=O)N(C)C1CCCCC1Cl. The number of carbonyl (C=O) groups excluding carboxylic acids is 1. The van der Waals surface area contributed by atoms with E-state index >= 15 is 0 Å². The molecule has 1 saturated carbocycles. The van der Waals surface area contributed by atoms with Crippen LogP contribution in [0.3, 0.4) is 0 Å². The van der Waals surface area contributed by atoms with Crippen molar-refractivity contribution in [2.75, 3.05) is 7.05 Å². The Morgan fingerprint density at radius 1 is 1.11 bits per heavy atom. The Kier molecular flexibility index (Phi) is 8.52. The smallest absolute Gasteiger partial charge is 0.222 e. The molecular formula is C16H30ClNO. The molecule has 0 aromatic heterocycles. The second-order valence-corrected chi connectivity index (χ2v) is 6.45.